The summed E-state index contributed by atoms with van der Waals surface area (Å²) >= 11 is 0. The van der Waals surface area contributed by atoms with E-state index in [4.69, 9.17) is 11.6 Å². The molecule has 0 radical (unpaired) electrons. The molecule has 2 heterocycles. The quantitative estimate of drug-likeness (QED) is 0.359. The second-order valence-corrected chi connectivity index (χ2v) is 6.50. The molecule has 0 bridgehead atoms. The standard InChI is InChI=1S/C19H21N7O/c1-19(2,27)16-9-5-6-12(23-16)10-22-11-15(26-21)17-13-7-3-4-8-14(13)24-18(20)25-17/h3-9,11,27H,10,21H2,1-2H3,(H2,20,24,25)/b22-11?,26-15+. The Kier molecular flexibility index (Phi) is 5.09. The van der Waals surface area contributed by atoms with Gasteiger partial charge in [-0.2, -0.15) is 5.10 Å². The average molecular weight is 363 g/mol. The molecule has 0 aliphatic carbocycles. The lowest BCUT2D eigenvalue weighted by Gasteiger charge is -2.16. The molecule has 0 fully saturated rings. The van der Waals surface area contributed by atoms with Crippen LogP contribution in [0, 0.1) is 0 Å². The highest BCUT2D eigenvalue weighted by atomic mass is 16.3. The van der Waals surface area contributed by atoms with Crippen LogP contribution >= 0.6 is 0 Å². The Balaban J connectivity index is 1.87. The van der Waals surface area contributed by atoms with Crippen LogP contribution in [0.5, 0.6) is 0 Å². The first-order chi connectivity index (χ1) is 12.9. The van der Waals surface area contributed by atoms with E-state index in [2.05, 4.69) is 25.0 Å². The predicted octanol–water partition coefficient (Wildman–Crippen LogP) is 1.77. The third-order valence-electron chi connectivity index (χ3n) is 3.90. The minimum Gasteiger partial charge on any atom is -0.384 e. The van der Waals surface area contributed by atoms with Crippen molar-refractivity contribution in [3.05, 3.63) is 59.5 Å². The Bertz CT molecular complexity index is 1020. The van der Waals surface area contributed by atoms with Crippen molar-refractivity contribution >= 4 is 28.8 Å². The van der Waals surface area contributed by atoms with Crippen molar-refractivity contribution in [1.29, 1.82) is 0 Å². The summed E-state index contributed by atoms with van der Waals surface area (Å²) in [5, 5.41) is 14.7. The van der Waals surface area contributed by atoms with Crippen molar-refractivity contribution in [2.75, 3.05) is 5.73 Å². The van der Waals surface area contributed by atoms with E-state index in [1.807, 2.05) is 36.4 Å². The molecule has 3 rings (SSSR count). The van der Waals surface area contributed by atoms with Crippen molar-refractivity contribution < 1.29 is 5.11 Å². The van der Waals surface area contributed by atoms with E-state index < -0.39 is 5.60 Å². The van der Waals surface area contributed by atoms with E-state index in [0.717, 1.165) is 5.39 Å². The molecule has 27 heavy (non-hydrogen) atoms. The van der Waals surface area contributed by atoms with Gasteiger partial charge in [-0.15, -0.1) is 0 Å². The van der Waals surface area contributed by atoms with E-state index >= 15 is 0 Å². The average Bonchev–Trinajstić information content (AvgIpc) is 2.64. The van der Waals surface area contributed by atoms with Gasteiger partial charge in [0, 0.05) is 5.39 Å². The number of hydrazone groups is 1. The highest BCUT2D eigenvalue weighted by molar-refractivity contribution is 6.40. The first-order valence-electron chi connectivity index (χ1n) is 8.37. The van der Waals surface area contributed by atoms with Gasteiger partial charge >= 0.3 is 0 Å². The fourth-order valence-corrected chi connectivity index (χ4v) is 2.58. The Morgan fingerprint density at radius 2 is 1.89 bits per heavy atom. The number of nitrogen functional groups attached to an aromatic ring is 1. The highest BCUT2D eigenvalue weighted by Crippen LogP contribution is 2.18. The fraction of sp³-hybridized carbons (Fsp3) is 0.211. The van der Waals surface area contributed by atoms with Gasteiger partial charge in [0.15, 0.2) is 0 Å². The van der Waals surface area contributed by atoms with E-state index in [-0.39, 0.29) is 5.95 Å². The van der Waals surface area contributed by atoms with Crippen LogP contribution in [-0.4, -0.2) is 32.0 Å². The van der Waals surface area contributed by atoms with Crippen molar-refractivity contribution in [2.45, 2.75) is 26.0 Å². The van der Waals surface area contributed by atoms with Gasteiger partial charge < -0.3 is 16.7 Å². The maximum atomic E-state index is 10.1. The third kappa shape index (κ3) is 4.24. The van der Waals surface area contributed by atoms with Crippen LogP contribution in [0.15, 0.2) is 52.6 Å². The molecule has 0 saturated heterocycles. The summed E-state index contributed by atoms with van der Waals surface area (Å²) in [7, 11) is 0. The second-order valence-electron chi connectivity index (χ2n) is 6.50. The van der Waals surface area contributed by atoms with Gasteiger partial charge in [0.05, 0.1) is 29.7 Å². The van der Waals surface area contributed by atoms with Crippen LogP contribution in [0.25, 0.3) is 10.9 Å². The minimum atomic E-state index is -1.01. The van der Waals surface area contributed by atoms with Crippen LogP contribution in [-0.2, 0) is 12.1 Å². The lowest BCUT2D eigenvalue weighted by Crippen LogP contribution is -2.18. The molecule has 138 valence electrons. The van der Waals surface area contributed by atoms with Crippen LogP contribution in [0.2, 0.25) is 0 Å². The van der Waals surface area contributed by atoms with Crippen molar-refractivity contribution in [3.8, 4) is 0 Å². The second kappa shape index (κ2) is 7.46. The maximum absolute atomic E-state index is 10.1. The molecule has 8 nitrogen and oxygen atoms in total. The molecule has 0 amide bonds. The van der Waals surface area contributed by atoms with Gasteiger partial charge in [-0.25, -0.2) is 9.97 Å². The molecule has 0 aliphatic rings. The SMILES string of the molecule is CC(C)(O)c1cccc(CN=C/C(=N\N)c2nc(N)nc3ccccc23)n1. The summed E-state index contributed by atoms with van der Waals surface area (Å²) in [4.78, 5) is 17.3. The number of aromatic nitrogens is 3. The van der Waals surface area contributed by atoms with Crippen LogP contribution in [0.4, 0.5) is 5.95 Å². The summed E-state index contributed by atoms with van der Waals surface area (Å²) in [6.07, 6.45) is 1.53. The largest absolute Gasteiger partial charge is 0.384 e. The zero-order valence-electron chi connectivity index (χ0n) is 15.2. The number of aliphatic imine (C=N–C) groups is 1. The molecule has 0 unspecified atom stereocenters. The van der Waals surface area contributed by atoms with Gasteiger partial charge in [0.25, 0.3) is 0 Å². The first-order valence-corrected chi connectivity index (χ1v) is 8.37. The number of nitrogens with zero attached hydrogens (tertiary/aromatic N) is 5. The number of hydrogen-bond donors (Lipinski definition) is 3. The summed E-state index contributed by atoms with van der Waals surface area (Å²) < 4.78 is 0. The molecular weight excluding hydrogens is 342 g/mol. The number of aliphatic hydroxyl groups is 1. The van der Waals surface area contributed by atoms with Crippen LogP contribution < -0.4 is 11.6 Å². The van der Waals surface area contributed by atoms with Gasteiger partial charge in [0.1, 0.15) is 17.0 Å². The van der Waals surface area contributed by atoms with Crippen molar-refractivity contribution in [2.24, 2.45) is 15.9 Å². The molecule has 1 aromatic carbocycles. The molecule has 0 aliphatic heterocycles. The van der Waals surface area contributed by atoms with E-state index in [0.29, 0.717) is 34.9 Å². The maximum Gasteiger partial charge on any atom is 0.221 e. The Morgan fingerprint density at radius 3 is 2.63 bits per heavy atom. The van der Waals surface area contributed by atoms with E-state index in [1.54, 1.807) is 19.9 Å². The monoisotopic (exact) mass is 363 g/mol. The smallest absolute Gasteiger partial charge is 0.221 e. The summed E-state index contributed by atoms with van der Waals surface area (Å²) in [5.41, 5.74) is 7.69. The number of benzene rings is 1. The summed E-state index contributed by atoms with van der Waals surface area (Å²) in [5.74, 6) is 5.69. The highest BCUT2D eigenvalue weighted by Gasteiger charge is 2.17. The third-order valence-corrected chi connectivity index (χ3v) is 3.90. The molecular formula is C19H21N7O. The molecule has 5 N–H and O–H groups in total. The van der Waals surface area contributed by atoms with Gasteiger partial charge in [-0.3, -0.25) is 9.98 Å². The molecule has 3 aromatic rings. The fourth-order valence-electron chi connectivity index (χ4n) is 2.58. The van der Waals surface area contributed by atoms with E-state index in [9.17, 15) is 5.11 Å². The number of fused-ring (bicyclic) bond motifs is 1. The van der Waals surface area contributed by atoms with Gasteiger partial charge in [-0.05, 0) is 32.0 Å². The van der Waals surface area contributed by atoms with Crippen LogP contribution in [0.1, 0.15) is 30.9 Å². The molecule has 0 saturated carbocycles. The number of nitrogens with two attached hydrogens (primary N) is 2. The number of pyridine rings is 1. The normalized spacial score (nSPS) is 12.8. The zero-order chi connectivity index (χ0) is 19.4. The molecule has 0 atom stereocenters. The molecule has 0 spiro atoms. The summed E-state index contributed by atoms with van der Waals surface area (Å²) in [6, 6.07) is 12.9. The van der Waals surface area contributed by atoms with E-state index in [1.165, 1.54) is 6.21 Å². The molecule has 8 heteroatoms. The lowest BCUT2D eigenvalue weighted by molar-refractivity contribution is 0.0736. The van der Waals surface area contributed by atoms with Crippen LogP contribution in [0.3, 0.4) is 0 Å². The van der Waals surface area contributed by atoms with Gasteiger partial charge in [0.2, 0.25) is 5.95 Å². The first kappa shape index (κ1) is 18.4. The number of para-hydroxylation sites is 1. The number of hydrogen-bond acceptors (Lipinski definition) is 8. The number of anilines is 1. The lowest BCUT2D eigenvalue weighted by atomic mass is 10.0. The zero-order valence-corrected chi connectivity index (χ0v) is 15.2. The van der Waals surface area contributed by atoms with Gasteiger partial charge in [-0.1, -0.05) is 24.3 Å². The Hall–Kier alpha value is -3.39. The number of rotatable bonds is 5. The predicted molar refractivity (Wildman–Crippen MR) is 106 cm³/mol. The Labute approximate surface area is 156 Å². The topological polar surface area (TPSA) is 136 Å². The summed E-state index contributed by atoms with van der Waals surface area (Å²) in [6.45, 7) is 3.68. The Morgan fingerprint density at radius 1 is 1.11 bits per heavy atom. The van der Waals surface area contributed by atoms with Crippen molar-refractivity contribution in [3.63, 3.8) is 0 Å². The van der Waals surface area contributed by atoms with Crippen molar-refractivity contribution in [1.82, 2.24) is 15.0 Å². The minimum absolute atomic E-state index is 0.137. The molecule has 2 aromatic heterocycles.